The number of urea groups is 1. The lowest BCUT2D eigenvalue weighted by molar-refractivity contribution is -0.137. The van der Waals surface area contributed by atoms with Crippen LogP contribution in [-0.2, 0) is 11.0 Å². The minimum absolute atomic E-state index is 0.00308. The second kappa shape index (κ2) is 11.4. The highest BCUT2D eigenvalue weighted by Gasteiger charge is 2.49. The van der Waals surface area contributed by atoms with Crippen molar-refractivity contribution in [2.45, 2.75) is 49.9 Å². The van der Waals surface area contributed by atoms with Crippen molar-refractivity contribution in [3.8, 4) is 11.5 Å². The molecule has 1 aliphatic carbocycles. The summed E-state index contributed by atoms with van der Waals surface area (Å²) in [6, 6.07) is 13.0. The van der Waals surface area contributed by atoms with E-state index < -0.39 is 17.8 Å². The van der Waals surface area contributed by atoms with Gasteiger partial charge in [0.15, 0.2) is 5.78 Å². The molecule has 3 fully saturated rings. The van der Waals surface area contributed by atoms with Crippen LogP contribution in [0, 0.1) is 5.92 Å². The van der Waals surface area contributed by atoms with Gasteiger partial charge in [-0.1, -0.05) is 0 Å². The molecule has 1 aromatic heterocycles. The van der Waals surface area contributed by atoms with Gasteiger partial charge in [-0.25, -0.2) is 4.79 Å². The van der Waals surface area contributed by atoms with Crippen LogP contribution in [0.25, 0.3) is 0 Å². The molecule has 42 heavy (non-hydrogen) atoms. The number of anilines is 2. The van der Waals surface area contributed by atoms with Crippen molar-refractivity contribution in [1.82, 2.24) is 15.2 Å². The van der Waals surface area contributed by atoms with E-state index in [4.69, 9.17) is 4.74 Å². The minimum atomic E-state index is -4.52. The molecular weight excluding hydrogens is 547 g/mol. The number of halogens is 3. The fraction of sp³-hybridized carbons (Fsp3) is 0.387. The van der Waals surface area contributed by atoms with E-state index in [-0.39, 0.29) is 35.4 Å². The maximum atomic E-state index is 13.6. The Labute approximate surface area is 241 Å². The van der Waals surface area contributed by atoms with Gasteiger partial charge in [0, 0.05) is 29.6 Å². The van der Waals surface area contributed by atoms with Crippen LogP contribution in [0.3, 0.4) is 0 Å². The number of ketones is 1. The molecule has 0 bridgehead atoms. The molecule has 0 spiro atoms. The average molecular weight is 580 g/mol. The number of piperidine rings is 1. The van der Waals surface area contributed by atoms with Crippen molar-refractivity contribution in [2.75, 3.05) is 30.8 Å². The summed E-state index contributed by atoms with van der Waals surface area (Å²) in [5.74, 6) is 1.53. The van der Waals surface area contributed by atoms with Crippen molar-refractivity contribution in [3.05, 3.63) is 77.6 Å². The van der Waals surface area contributed by atoms with Gasteiger partial charge in [0.2, 0.25) is 0 Å². The molecular formula is C31H32F3N5O3. The third-order valence-corrected chi connectivity index (χ3v) is 8.02. The van der Waals surface area contributed by atoms with Crippen LogP contribution >= 0.6 is 0 Å². The van der Waals surface area contributed by atoms with E-state index in [1.54, 1.807) is 48.7 Å². The van der Waals surface area contributed by atoms with E-state index in [1.807, 2.05) is 7.05 Å². The number of carbonyl (C=O) groups excluding carboxylic acids is 2. The lowest BCUT2D eigenvalue weighted by Gasteiger charge is -2.29. The van der Waals surface area contributed by atoms with Crippen LogP contribution in [0.5, 0.6) is 11.5 Å². The lowest BCUT2D eigenvalue weighted by Crippen LogP contribution is -2.29. The maximum absolute atomic E-state index is 13.6. The number of ether oxygens (including phenoxy) is 1. The Morgan fingerprint density at radius 1 is 0.929 bits per heavy atom. The molecule has 220 valence electrons. The molecule has 2 saturated heterocycles. The molecule has 0 radical (unpaired) electrons. The maximum Gasteiger partial charge on any atom is 0.416 e. The summed E-state index contributed by atoms with van der Waals surface area (Å²) in [4.78, 5) is 31.5. The molecule has 2 unspecified atom stereocenters. The Balaban J connectivity index is 1.07. The second-order valence-electron chi connectivity index (χ2n) is 11.3. The van der Waals surface area contributed by atoms with Crippen LogP contribution in [0.2, 0.25) is 0 Å². The zero-order valence-electron chi connectivity index (χ0n) is 23.1. The normalized spacial score (nSPS) is 21.0. The third-order valence-electron chi connectivity index (χ3n) is 8.02. The first-order valence-electron chi connectivity index (χ1n) is 14.1. The van der Waals surface area contributed by atoms with Gasteiger partial charge in [-0.2, -0.15) is 13.2 Å². The molecule has 3 heterocycles. The molecule has 1 saturated carbocycles. The van der Waals surface area contributed by atoms with Crippen molar-refractivity contribution >= 4 is 23.2 Å². The molecule has 11 heteroatoms. The fourth-order valence-electron chi connectivity index (χ4n) is 5.42. The van der Waals surface area contributed by atoms with Gasteiger partial charge >= 0.3 is 12.2 Å². The van der Waals surface area contributed by atoms with Crippen LogP contribution in [0.4, 0.5) is 29.3 Å². The van der Waals surface area contributed by atoms with Crippen molar-refractivity contribution in [3.63, 3.8) is 0 Å². The van der Waals surface area contributed by atoms with E-state index in [0.29, 0.717) is 22.7 Å². The Morgan fingerprint density at radius 2 is 1.64 bits per heavy atom. The summed E-state index contributed by atoms with van der Waals surface area (Å²) < 4.78 is 46.8. The first kappa shape index (κ1) is 28.2. The summed E-state index contributed by atoms with van der Waals surface area (Å²) in [6.07, 6.45) is 0.572. The molecule has 2 amide bonds. The third kappa shape index (κ3) is 6.74. The van der Waals surface area contributed by atoms with Crippen LogP contribution in [0.1, 0.15) is 54.5 Å². The van der Waals surface area contributed by atoms with E-state index in [1.165, 1.54) is 6.07 Å². The summed E-state index contributed by atoms with van der Waals surface area (Å²) >= 11 is 0. The van der Waals surface area contributed by atoms with E-state index in [2.05, 4.69) is 25.8 Å². The molecule has 3 aliphatic rings. The molecule has 2 aliphatic heterocycles. The van der Waals surface area contributed by atoms with Gasteiger partial charge in [0.05, 0.1) is 23.3 Å². The van der Waals surface area contributed by atoms with Gasteiger partial charge < -0.3 is 20.3 Å². The summed E-state index contributed by atoms with van der Waals surface area (Å²) in [5, 5.41) is 8.43. The van der Waals surface area contributed by atoms with Crippen molar-refractivity contribution in [1.29, 1.82) is 0 Å². The first-order valence-corrected chi connectivity index (χ1v) is 14.1. The number of nitrogens with zero attached hydrogens (tertiary/aromatic N) is 2. The van der Waals surface area contributed by atoms with Crippen LogP contribution < -0.4 is 20.7 Å². The van der Waals surface area contributed by atoms with Gasteiger partial charge in [-0.15, -0.1) is 0 Å². The molecule has 3 N–H and O–H groups in total. The van der Waals surface area contributed by atoms with Gasteiger partial charge in [-0.3, -0.25) is 15.1 Å². The Kier molecular flexibility index (Phi) is 7.63. The monoisotopic (exact) mass is 579 g/mol. The minimum Gasteiger partial charge on any atom is -0.457 e. The predicted octanol–water partition coefficient (Wildman–Crippen LogP) is 6.34. The zero-order chi connectivity index (χ0) is 29.4. The number of Topliss-reactive ketones (excluding diaryl/α,β-unsaturated/α-hetero) is 1. The number of amides is 2. The quantitative estimate of drug-likeness (QED) is 0.269. The Bertz CT molecular complexity index is 1470. The smallest absolute Gasteiger partial charge is 0.416 e. The van der Waals surface area contributed by atoms with Crippen molar-refractivity contribution in [2.24, 2.45) is 5.92 Å². The van der Waals surface area contributed by atoms with Crippen LogP contribution in [-0.4, -0.2) is 47.9 Å². The summed E-state index contributed by atoms with van der Waals surface area (Å²) in [7, 11) is 1.99. The van der Waals surface area contributed by atoms with Crippen LogP contribution in [0.15, 0.2) is 60.8 Å². The second-order valence-corrected chi connectivity index (χ2v) is 11.3. The molecule has 2 aromatic carbocycles. The van der Waals surface area contributed by atoms with Gasteiger partial charge in [-0.05, 0) is 106 Å². The topological polar surface area (TPSA) is 106 Å². The SMILES string of the molecule is CN1CCC(c2cc(NC(=O)Nc3ccc(Oc4ccnc(C5NC5C(=O)C5CC5)c4)cc3)cc(C(F)(F)F)c2)CC1. The number of alkyl halides is 3. The summed E-state index contributed by atoms with van der Waals surface area (Å²) in [5.41, 5.74) is 1.08. The number of aromatic nitrogens is 1. The zero-order valence-corrected chi connectivity index (χ0v) is 23.1. The fourth-order valence-corrected chi connectivity index (χ4v) is 5.42. The number of hydrogen-bond donors (Lipinski definition) is 3. The predicted molar refractivity (Wildman–Crippen MR) is 152 cm³/mol. The summed E-state index contributed by atoms with van der Waals surface area (Å²) in [6.45, 7) is 1.62. The van der Waals surface area contributed by atoms with E-state index in [9.17, 15) is 22.8 Å². The average Bonchev–Trinajstić information content (AvgIpc) is 3.88. The Hall–Kier alpha value is -3.96. The number of benzene rings is 2. The molecule has 6 rings (SSSR count). The number of likely N-dealkylation sites (tertiary alicyclic amines) is 1. The Morgan fingerprint density at radius 3 is 2.33 bits per heavy atom. The van der Waals surface area contributed by atoms with Gasteiger partial charge in [0.25, 0.3) is 0 Å². The van der Waals surface area contributed by atoms with E-state index in [0.717, 1.165) is 50.5 Å². The highest BCUT2D eigenvalue weighted by Crippen LogP contribution is 2.40. The molecule has 8 nitrogen and oxygen atoms in total. The highest BCUT2D eigenvalue weighted by molar-refractivity contribution is 6.00. The first-order chi connectivity index (χ1) is 20.1. The number of rotatable bonds is 8. The van der Waals surface area contributed by atoms with E-state index >= 15 is 0 Å². The lowest BCUT2D eigenvalue weighted by atomic mass is 9.88. The van der Waals surface area contributed by atoms with Crippen molar-refractivity contribution < 1.29 is 27.5 Å². The largest absolute Gasteiger partial charge is 0.457 e. The highest BCUT2D eigenvalue weighted by atomic mass is 19.4. The number of pyridine rings is 1. The number of carbonyl (C=O) groups is 2. The standard InChI is InChI=1S/C31H32F3N5O3/c1-39-12-9-18(10-13-39)20-14-21(31(32,33)34)16-23(15-20)37-30(41)36-22-4-6-24(7-5-22)42-25-8-11-35-26(17-25)27-28(38-27)29(40)19-2-3-19/h4-8,11,14-19,27-28,38H,2-3,9-10,12-13H2,1H3,(H2,36,37,41). The number of nitrogens with one attached hydrogen (secondary N) is 3. The molecule has 2 atom stereocenters. The molecule has 3 aromatic rings. The number of hydrogen-bond acceptors (Lipinski definition) is 6. The van der Waals surface area contributed by atoms with Gasteiger partial charge in [0.1, 0.15) is 11.5 Å².